The van der Waals surface area contributed by atoms with Crippen LogP contribution in [0.4, 0.5) is 5.82 Å². The van der Waals surface area contributed by atoms with E-state index >= 15 is 0 Å². The number of ether oxygens (including phenoxy) is 2. The summed E-state index contributed by atoms with van der Waals surface area (Å²) in [6, 6.07) is 9.55. The van der Waals surface area contributed by atoms with Crippen LogP contribution in [0.1, 0.15) is 34.1 Å². The average molecular weight is 484 g/mol. The van der Waals surface area contributed by atoms with Crippen molar-refractivity contribution < 1.29 is 19.1 Å². The molecule has 1 fully saturated rings. The molecule has 0 spiro atoms. The van der Waals surface area contributed by atoms with E-state index in [9.17, 15) is 9.59 Å². The molecular formula is C26H37N5O4. The molecule has 35 heavy (non-hydrogen) atoms. The molecule has 1 aromatic carbocycles. The summed E-state index contributed by atoms with van der Waals surface area (Å²) in [5, 5.41) is 8.82. The van der Waals surface area contributed by atoms with Crippen LogP contribution in [0.15, 0.2) is 30.3 Å². The van der Waals surface area contributed by atoms with Crippen LogP contribution in [0.2, 0.25) is 0 Å². The first-order chi connectivity index (χ1) is 16.8. The van der Waals surface area contributed by atoms with E-state index in [1.165, 1.54) is 0 Å². The fourth-order valence-electron chi connectivity index (χ4n) is 4.08. The number of piperazine rings is 1. The second kappa shape index (κ2) is 11.9. The normalized spacial score (nSPS) is 14.6. The maximum absolute atomic E-state index is 13.0. The molecule has 0 radical (unpaired) electrons. The third-order valence-corrected chi connectivity index (χ3v) is 6.49. The van der Waals surface area contributed by atoms with Crippen LogP contribution in [0.3, 0.4) is 0 Å². The van der Waals surface area contributed by atoms with Crippen molar-refractivity contribution in [1.29, 1.82) is 0 Å². The van der Waals surface area contributed by atoms with Crippen molar-refractivity contribution in [1.82, 2.24) is 20.0 Å². The summed E-state index contributed by atoms with van der Waals surface area (Å²) >= 11 is 0. The van der Waals surface area contributed by atoms with Gasteiger partial charge in [0.2, 0.25) is 11.8 Å². The number of amides is 2. The molecule has 1 aliphatic rings. The zero-order valence-electron chi connectivity index (χ0n) is 21.7. The topological polar surface area (TPSA) is 88.1 Å². The van der Waals surface area contributed by atoms with E-state index in [0.717, 1.165) is 23.5 Å². The van der Waals surface area contributed by atoms with Crippen LogP contribution in [0.25, 0.3) is 11.3 Å². The van der Waals surface area contributed by atoms with Crippen molar-refractivity contribution >= 4 is 17.6 Å². The Labute approximate surface area is 208 Å². The Bertz CT molecular complexity index is 1000. The average Bonchev–Trinajstić information content (AvgIpc) is 2.90. The number of carbonyl (C=O) groups excluding carboxylic acids is 2. The third kappa shape index (κ3) is 6.21. The van der Waals surface area contributed by atoms with E-state index < -0.39 is 0 Å². The zero-order chi connectivity index (χ0) is 25.5. The molecule has 2 heterocycles. The molecule has 2 aromatic rings. The van der Waals surface area contributed by atoms with Crippen molar-refractivity contribution in [3.63, 3.8) is 0 Å². The molecule has 0 bridgehead atoms. The molecule has 0 unspecified atom stereocenters. The van der Waals surface area contributed by atoms with Gasteiger partial charge in [-0.15, -0.1) is 10.2 Å². The minimum Gasteiger partial charge on any atom is -0.493 e. The van der Waals surface area contributed by atoms with E-state index in [-0.39, 0.29) is 30.3 Å². The van der Waals surface area contributed by atoms with Crippen LogP contribution in [-0.4, -0.2) is 84.8 Å². The van der Waals surface area contributed by atoms with E-state index in [1.54, 1.807) is 19.1 Å². The Kier molecular flexibility index (Phi) is 8.89. The number of hydrogen-bond donors (Lipinski definition) is 0. The Morgan fingerprint density at radius 3 is 2.20 bits per heavy atom. The van der Waals surface area contributed by atoms with Gasteiger partial charge in [-0.05, 0) is 43.7 Å². The highest BCUT2D eigenvalue weighted by atomic mass is 16.5. The smallest absolute Gasteiger partial charge is 0.242 e. The molecule has 9 heteroatoms. The lowest BCUT2D eigenvalue weighted by Crippen LogP contribution is -2.53. The largest absolute Gasteiger partial charge is 0.493 e. The van der Waals surface area contributed by atoms with Gasteiger partial charge in [-0.25, -0.2) is 0 Å². The lowest BCUT2D eigenvalue weighted by molar-refractivity contribution is -0.144. The maximum Gasteiger partial charge on any atom is 0.242 e. The molecule has 0 aliphatic carbocycles. The highest BCUT2D eigenvalue weighted by molar-refractivity contribution is 5.86. The predicted molar refractivity (Wildman–Crippen MR) is 136 cm³/mol. The van der Waals surface area contributed by atoms with Gasteiger partial charge < -0.3 is 24.2 Å². The van der Waals surface area contributed by atoms with Gasteiger partial charge in [0.1, 0.15) is 0 Å². The molecule has 1 aromatic heterocycles. The molecule has 0 saturated carbocycles. The molecule has 1 aliphatic heterocycles. The van der Waals surface area contributed by atoms with Crippen molar-refractivity contribution in [2.45, 2.75) is 40.2 Å². The van der Waals surface area contributed by atoms with Gasteiger partial charge in [0.25, 0.3) is 0 Å². The van der Waals surface area contributed by atoms with Crippen molar-refractivity contribution in [2.24, 2.45) is 5.92 Å². The Balaban J connectivity index is 1.60. The van der Waals surface area contributed by atoms with Crippen molar-refractivity contribution in [2.75, 3.05) is 51.8 Å². The monoisotopic (exact) mass is 483 g/mol. The van der Waals surface area contributed by atoms with Gasteiger partial charge in [-0.2, -0.15) is 0 Å². The number of nitrogens with zero attached hydrogens (tertiary/aromatic N) is 5. The summed E-state index contributed by atoms with van der Waals surface area (Å²) in [7, 11) is 3.21. The molecule has 9 nitrogen and oxygen atoms in total. The first-order valence-electron chi connectivity index (χ1n) is 12.2. The maximum atomic E-state index is 13.0. The fraction of sp³-hybridized carbons (Fsp3) is 0.538. The first kappa shape index (κ1) is 26.2. The second-order valence-electron chi connectivity index (χ2n) is 9.09. The number of benzene rings is 1. The SMILES string of the molecule is CC[C@@H](C)N(CC(=O)N1CCN(c2ccc(-c3ccc(OC)c(OC)c3)nn2)CC1)C(=O)C(C)C. The van der Waals surface area contributed by atoms with E-state index in [4.69, 9.17) is 9.47 Å². The summed E-state index contributed by atoms with van der Waals surface area (Å²) < 4.78 is 10.7. The minimum absolute atomic E-state index is 0.00571. The van der Waals surface area contributed by atoms with E-state index in [2.05, 4.69) is 15.1 Å². The minimum atomic E-state index is -0.130. The Morgan fingerprint density at radius 2 is 1.66 bits per heavy atom. The molecular weight excluding hydrogens is 446 g/mol. The second-order valence-corrected chi connectivity index (χ2v) is 9.09. The van der Waals surface area contributed by atoms with Gasteiger partial charge in [0, 0.05) is 43.7 Å². The van der Waals surface area contributed by atoms with Crippen LogP contribution in [-0.2, 0) is 9.59 Å². The summed E-state index contributed by atoms with van der Waals surface area (Å²) in [6.07, 6.45) is 0.817. The van der Waals surface area contributed by atoms with Gasteiger partial charge >= 0.3 is 0 Å². The third-order valence-electron chi connectivity index (χ3n) is 6.49. The summed E-state index contributed by atoms with van der Waals surface area (Å²) in [4.78, 5) is 31.3. The quantitative estimate of drug-likeness (QED) is 0.542. The Morgan fingerprint density at radius 1 is 0.971 bits per heavy atom. The van der Waals surface area contributed by atoms with Gasteiger partial charge in [-0.1, -0.05) is 20.8 Å². The van der Waals surface area contributed by atoms with Crippen LogP contribution >= 0.6 is 0 Å². The number of anilines is 1. The summed E-state index contributed by atoms with van der Waals surface area (Å²) in [5.41, 5.74) is 1.63. The van der Waals surface area contributed by atoms with Crippen LogP contribution < -0.4 is 14.4 Å². The van der Waals surface area contributed by atoms with Crippen molar-refractivity contribution in [3.05, 3.63) is 30.3 Å². The zero-order valence-corrected chi connectivity index (χ0v) is 21.7. The van der Waals surface area contributed by atoms with Gasteiger partial charge in [-0.3, -0.25) is 9.59 Å². The number of hydrogen-bond acceptors (Lipinski definition) is 7. The number of aromatic nitrogens is 2. The van der Waals surface area contributed by atoms with E-state index in [0.29, 0.717) is 37.7 Å². The van der Waals surface area contributed by atoms with Gasteiger partial charge in [0.15, 0.2) is 17.3 Å². The highest BCUT2D eigenvalue weighted by Gasteiger charge is 2.28. The molecule has 3 rings (SSSR count). The van der Waals surface area contributed by atoms with Crippen LogP contribution in [0.5, 0.6) is 11.5 Å². The summed E-state index contributed by atoms with van der Waals surface area (Å²) in [5.74, 6) is 1.96. The molecule has 1 atom stereocenters. The molecule has 190 valence electrons. The lowest BCUT2D eigenvalue weighted by Gasteiger charge is -2.37. The highest BCUT2D eigenvalue weighted by Crippen LogP contribution is 2.31. The Hall–Kier alpha value is -3.36. The van der Waals surface area contributed by atoms with Gasteiger partial charge in [0.05, 0.1) is 26.5 Å². The number of rotatable bonds is 9. The summed E-state index contributed by atoms with van der Waals surface area (Å²) in [6.45, 7) is 10.4. The van der Waals surface area contributed by atoms with Crippen LogP contribution in [0, 0.1) is 5.92 Å². The van der Waals surface area contributed by atoms with E-state index in [1.807, 2.05) is 62.9 Å². The lowest BCUT2D eigenvalue weighted by atomic mass is 10.1. The number of methoxy groups -OCH3 is 2. The molecule has 2 amide bonds. The van der Waals surface area contributed by atoms with Crippen molar-refractivity contribution in [3.8, 4) is 22.8 Å². The standard InChI is InChI=1S/C26H37N5O4/c1-7-19(4)31(26(33)18(2)3)17-25(32)30-14-12-29(13-15-30)24-11-9-21(27-28-24)20-8-10-22(34-5)23(16-20)35-6/h8-11,16,18-19H,7,12-15,17H2,1-6H3/t19-/m1/s1. The molecule has 0 N–H and O–H groups in total. The fourth-order valence-corrected chi connectivity index (χ4v) is 4.08. The molecule has 1 saturated heterocycles. The number of carbonyl (C=O) groups is 2. The predicted octanol–water partition coefficient (Wildman–Crippen LogP) is 3.09. The first-order valence-corrected chi connectivity index (χ1v) is 12.2.